The van der Waals surface area contributed by atoms with Crippen molar-refractivity contribution in [2.24, 2.45) is 5.73 Å². The molecule has 2 aliphatic rings. The average molecular weight is 358 g/mol. The summed E-state index contributed by atoms with van der Waals surface area (Å²) in [5.74, 6) is -0.493. The highest BCUT2D eigenvalue weighted by Crippen LogP contribution is 2.39. The summed E-state index contributed by atoms with van der Waals surface area (Å²) in [4.78, 5) is 29.3. The number of aromatic nitrogens is 3. The maximum Gasteiger partial charge on any atom is 0.293 e. The molecule has 7 nitrogen and oxygen atoms in total. The van der Waals surface area contributed by atoms with Gasteiger partial charge in [-0.2, -0.15) is 5.16 Å². The fraction of sp³-hybridized carbons (Fsp3) is 0.500. The Labute approximate surface area is 147 Å². The Morgan fingerprint density at radius 1 is 1.19 bits per heavy atom. The number of rotatable bonds is 2. The zero-order valence-corrected chi connectivity index (χ0v) is 14.1. The lowest BCUT2D eigenvalue weighted by atomic mass is 9.84. The van der Waals surface area contributed by atoms with E-state index in [1.807, 2.05) is 0 Å². The van der Waals surface area contributed by atoms with Crippen LogP contribution in [0.5, 0.6) is 0 Å². The molecule has 136 valence electrons. The molecule has 0 aliphatic heterocycles. The van der Waals surface area contributed by atoms with Gasteiger partial charge in [0, 0.05) is 18.0 Å². The second-order valence-corrected chi connectivity index (χ2v) is 7.48. The maximum absolute atomic E-state index is 14.8. The first-order valence-electron chi connectivity index (χ1n) is 9.06. The molecule has 0 amide bonds. The van der Waals surface area contributed by atoms with E-state index in [2.05, 4.69) is 10.1 Å². The Balaban J connectivity index is 1.80. The van der Waals surface area contributed by atoms with Gasteiger partial charge in [0.1, 0.15) is 11.5 Å². The molecule has 3 N–H and O–H groups in total. The first-order valence-corrected chi connectivity index (χ1v) is 9.06. The molecule has 2 aliphatic carbocycles. The first-order chi connectivity index (χ1) is 12.5. The van der Waals surface area contributed by atoms with Crippen LogP contribution < -0.4 is 16.7 Å². The van der Waals surface area contributed by atoms with Gasteiger partial charge in [0.05, 0.1) is 11.1 Å². The minimum Gasteiger partial charge on any atom is -0.360 e. The van der Waals surface area contributed by atoms with Crippen LogP contribution >= 0.6 is 0 Å². The van der Waals surface area contributed by atoms with Crippen LogP contribution in [-0.2, 0) is 0 Å². The van der Waals surface area contributed by atoms with Crippen LogP contribution in [0, 0.1) is 5.82 Å². The van der Waals surface area contributed by atoms with E-state index in [9.17, 15) is 14.0 Å². The minimum absolute atomic E-state index is 0.00381. The summed E-state index contributed by atoms with van der Waals surface area (Å²) in [6.07, 6.45) is 5.07. The zero-order valence-electron chi connectivity index (χ0n) is 14.1. The second kappa shape index (κ2) is 5.51. The van der Waals surface area contributed by atoms with Crippen LogP contribution in [-0.4, -0.2) is 20.7 Å². The van der Waals surface area contributed by atoms with Crippen LogP contribution in [0.15, 0.2) is 20.2 Å². The number of halogens is 1. The van der Waals surface area contributed by atoms with Gasteiger partial charge in [0.25, 0.3) is 5.56 Å². The summed E-state index contributed by atoms with van der Waals surface area (Å²) >= 11 is 0. The monoisotopic (exact) mass is 358 g/mol. The Morgan fingerprint density at radius 3 is 2.62 bits per heavy atom. The van der Waals surface area contributed by atoms with Gasteiger partial charge in [0.2, 0.25) is 11.1 Å². The lowest BCUT2D eigenvalue weighted by Gasteiger charge is -2.26. The third-order valence-electron chi connectivity index (χ3n) is 5.65. The Kier molecular flexibility index (Phi) is 3.34. The van der Waals surface area contributed by atoms with Crippen LogP contribution in [0.2, 0.25) is 0 Å². The molecule has 0 atom stereocenters. The van der Waals surface area contributed by atoms with E-state index < -0.39 is 16.8 Å². The van der Waals surface area contributed by atoms with E-state index in [0.29, 0.717) is 11.3 Å². The highest BCUT2D eigenvalue weighted by Gasteiger charge is 2.32. The van der Waals surface area contributed by atoms with Gasteiger partial charge in [-0.3, -0.25) is 14.2 Å². The van der Waals surface area contributed by atoms with E-state index in [0.717, 1.165) is 38.5 Å². The maximum atomic E-state index is 14.8. The highest BCUT2D eigenvalue weighted by molar-refractivity contribution is 5.89. The van der Waals surface area contributed by atoms with Crippen LogP contribution in [0.1, 0.15) is 56.2 Å². The van der Waals surface area contributed by atoms with Gasteiger partial charge < -0.3 is 10.3 Å². The molecule has 3 heterocycles. The van der Waals surface area contributed by atoms with Crippen LogP contribution in [0.25, 0.3) is 22.1 Å². The molecule has 2 fully saturated rings. The smallest absolute Gasteiger partial charge is 0.293 e. The molecule has 0 radical (unpaired) electrons. The summed E-state index contributed by atoms with van der Waals surface area (Å²) < 4.78 is 21.9. The van der Waals surface area contributed by atoms with E-state index >= 15 is 0 Å². The van der Waals surface area contributed by atoms with Crippen LogP contribution in [0.3, 0.4) is 0 Å². The van der Waals surface area contributed by atoms with Gasteiger partial charge in [-0.05, 0) is 44.6 Å². The van der Waals surface area contributed by atoms with Crippen molar-refractivity contribution in [3.05, 3.63) is 38.2 Å². The van der Waals surface area contributed by atoms with Crippen molar-refractivity contribution in [1.82, 2.24) is 14.7 Å². The molecule has 0 spiro atoms. The summed E-state index contributed by atoms with van der Waals surface area (Å²) in [7, 11) is 0. The molecule has 0 saturated heterocycles. The number of hydrogen-bond acceptors (Lipinski definition) is 5. The molecule has 26 heavy (non-hydrogen) atoms. The van der Waals surface area contributed by atoms with Gasteiger partial charge in [-0.25, -0.2) is 9.37 Å². The van der Waals surface area contributed by atoms with Gasteiger partial charge in [0.15, 0.2) is 5.39 Å². The number of nitrogens with two attached hydrogens (primary N) is 1. The predicted molar refractivity (Wildman–Crippen MR) is 93.8 cm³/mol. The molecule has 3 aromatic rings. The van der Waals surface area contributed by atoms with Gasteiger partial charge >= 0.3 is 0 Å². The molecule has 0 aromatic carbocycles. The quantitative estimate of drug-likeness (QED) is 0.731. The molecule has 8 heteroatoms. The summed E-state index contributed by atoms with van der Waals surface area (Å²) in [5, 5.41) is 2.29. The summed E-state index contributed by atoms with van der Waals surface area (Å²) in [6.45, 7) is 0. The Hall–Kier alpha value is -2.48. The fourth-order valence-corrected chi connectivity index (χ4v) is 4.09. The number of H-pyrrole nitrogens is 1. The summed E-state index contributed by atoms with van der Waals surface area (Å²) in [6, 6.07) is 1.51. The second-order valence-electron chi connectivity index (χ2n) is 7.48. The van der Waals surface area contributed by atoms with Crippen molar-refractivity contribution in [3.8, 4) is 0 Å². The molecule has 0 bridgehead atoms. The zero-order chi connectivity index (χ0) is 18.0. The van der Waals surface area contributed by atoms with Crippen molar-refractivity contribution >= 4 is 22.1 Å². The number of pyridine rings is 2. The van der Waals surface area contributed by atoms with E-state index in [1.165, 1.54) is 6.07 Å². The van der Waals surface area contributed by atoms with Crippen molar-refractivity contribution in [1.29, 1.82) is 0 Å². The SMILES string of the molecule is NC1CCC(c2nc3c(cc2F)c(=O)c2c(=O)[nH]oc2n3C2CC2)CC1. The molecular formula is C18H19FN4O3. The minimum atomic E-state index is -0.591. The normalized spacial score (nSPS) is 23.8. The highest BCUT2D eigenvalue weighted by atomic mass is 19.1. The molecule has 3 aromatic heterocycles. The standard InChI is InChI=1S/C18H19FN4O3/c19-12-7-11-15(24)13-17(25)22-26-18(13)23(10-5-6-10)16(11)21-14(12)8-1-3-9(20)4-2-8/h7-10H,1-6,20H2,(H,22,25). The average Bonchev–Trinajstić information content (AvgIpc) is 3.39. The number of fused-ring (bicyclic) bond motifs is 2. The molecule has 0 unspecified atom stereocenters. The number of nitrogens with zero attached hydrogens (tertiary/aromatic N) is 2. The fourth-order valence-electron chi connectivity index (χ4n) is 4.09. The lowest BCUT2D eigenvalue weighted by Crippen LogP contribution is -2.26. The number of aromatic amines is 1. The number of nitrogens with one attached hydrogen (secondary N) is 1. The van der Waals surface area contributed by atoms with Crippen molar-refractivity contribution in [3.63, 3.8) is 0 Å². The lowest BCUT2D eigenvalue weighted by molar-refractivity contribution is 0.381. The molecule has 2 saturated carbocycles. The third kappa shape index (κ3) is 2.25. The topological polar surface area (TPSA) is 107 Å². The van der Waals surface area contributed by atoms with Crippen LogP contribution in [0.4, 0.5) is 4.39 Å². The van der Waals surface area contributed by atoms with E-state index in [4.69, 9.17) is 10.3 Å². The van der Waals surface area contributed by atoms with Gasteiger partial charge in [-0.1, -0.05) is 0 Å². The first kappa shape index (κ1) is 15.7. The Bertz CT molecular complexity index is 1130. The van der Waals surface area contributed by atoms with E-state index in [-0.39, 0.29) is 34.5 Å². The van der Waals surface area contributed by atoms with Gasteiger partial charge in [-0.15, -0.1) is 0 Å². The van der Waals surface area contributed by atoms with Crippen molar-refractivity contribution in [2.75, 3.05) is 0 Å². The van der Waals surface area contributed by atoms with E-state index in [1.54, 1.807) is 4.57 Å². The molecular weight excluding hydrogens is 339 g/mol. The Morgan fingerprint density at radius 2 is 1.92 bits per heavy atom. The van der Waals surface area contributed by atoms with Crippen molar-refractivity contribution < 1.29 is 8.91 Å². The van der Waals surface area contributed by atoms with Crippen molar-refractivity contribution in [2.45, 2.75) is 56.5 Å². The number of hydrogen-bond donors (Lipinski definition) is 2. The largest absolute Gasteiger partial charge is 0.360 e. The predicted octanol–water partition coefficient (Wildman–Crippen LogP) is 2.29. The molecule has 5 rings (SSSR count). The summed E-state index contributed by atoms with van der Waals surface area (Å²) in [5.41, 5.74) is 5.81. The third-order valence-corrected chi connectivity index (χ3v) is 5.65.